The van der Waals surface area contributed by atoms with Crippen LogP contribution in [0.15, 0.2) is 12.2 Å². The zero-order chi connectivity index (χ0) is 8.53. The summed E-state index contributed by atoms with van der Waals surface area (Å²) in [7, 11) is 0. The van der Waals surface area contributed by atoms with Crippen molar-refractivity contribution in [3.63, 3.8) is 0 Å². The molecule has 0 aliphatic rings. The molecule has 0 aliphatic carbocycles. The van der Waals surface area contributed by atoms with Crippen molar-refractivity contribution in [2.45, 2.75) is 33.1 Å². The topological polar surface area (TPSA) is 26.3 Å². The summed E-state index contributed by atoms with van der Waals surface area (Å²) in [5.41, 5.74) is 0. The first-order chi connectivity index (χ1) is 5.31. The second-order valence-corrected chi connectivity index (χ2v) is 2.24. The summed E-state index contributed by atoms with van der Waals surface area (Å²) in [5, 5.41) is 0. The zero-order valence-electron chi connectivity index (χ0n) is 7.30. The van der Waals surface area contributed by atoms with Gasteiger partial charge in [0.1, 0.15) is 0 Å². The van der Waals surface area contributed by atoms with E-state index in [0.717, 1.165) is 12.8 Å². The first-order valence-electron chi connectivity index (χ1n) is 4.11. The SMILES string of the molecule is CCC=CCCOC(=O)CC. The molecular formula is C9H16O2. The van der Waals surface area contributed by atoms with E-state index in [2.05, 4.69) is 13.0 Å². The highest BCUT2D eigenvalue weighted by Gasteiger charge is 1.94. The molecule has 0 saturated carbocycles. The lowest BCUT2D eigenvalue weighted by molar-refractivity contribution is -0.143. The molecule has 0 aromatic heterocycles. The fraction of sp³-hybridized carbons (Fsp3) is 0.667. The standard InChI is InChI=1S/C9H16O2/c1-3-5-6-7-8-11-9(10)4-2/h5-6H,3-4,7-8H2,1-2H3. The molecule has 0 spiro atoms. The van der Waals surface area contributed by atoms with Crippen LogP contribution in [-0.4, -0.2) is 12.6 Å². The van der Waals surface area contributed by atoms with Gasteiger partial charge in [-0.15, -0.1) is 0 Å². The molecule has 0 N–H and O–H groups in total. The first-order valence-corrected chi connectivity index (χ1v) is 4.11. The molecule has 2 heteroatoms. The van der Waals surface area contributed by atoms with Crippen LogP contribution in [0.1, 0.15) is 33.1 Å². The van der Waals surface area contributed by atoms with Crippen LogP contribution in [0.3, 0.4) is 0 Å². The maximum Gasteiger partial charge on any atom is 0.305 e. The number of carbonyl (C=O) groups excluding carboxylic acids is 1. The van der Waals surface area contributed by atoms with Gasteiger partial charge in [-0.05, 0) is 12.8 Å². The summed E-state index contributed by atoms with van der Waals surface area (Å²) in [6.07, 6.45) is 6.45. The van der Waals surface area contributed by atoms with Gasteiger partial charge in [0.15, 0.2) is 0 Å². The summed E-state index contributed by atoms with van der Waals surface area (Å²) >= 11 is 0. The monoisotopic (exact) mass is 156 g/mol. The molecule has 0 heterocycles. The van der Waals surface area contributed by atoms with Gasteiger partial charge in [-0.25, -0.2) is 0 Å². The average Bonchev–Trinajstić information content (AvgIpc) is 2.04. The minimum Gasteiger partial charge on any atom is -0.465 e. The number of allylic oxidation sites excluding steroid dienone is 1. The summed E-state index contributed by atoms with van der Waals surface area (Å²) in [6.45, 7) is 4.39. The molecule has 0 aromatic rings. The second-order valence-electron chi connectivity index (χ2n) is 2.24. The number of rotatable bonds is 5. The summed E-state index contributed by atoms with van der Waals surface area (Å²) in [6, 6.07) is 0. The quantitative estimate of drug-likeness (QED) is 0.347. The van der Waals surface area contributed by atoms with Gasteiger partial charge in [0.05, 0.1) is 6.61 Å². The number of ether oxygens (including phenoxy) is 1. The molecule has 2 nitrogen and oxygen atoms in total. The Morgan fingerprint density at radius 1 is 1.36 bits per heavy atom. The molecule has 0 rings (SSSR count). The third-order valence-electron chi connectivity index (χ3n) is 1.24. The van der Waals surface area contributed by atoms with E-state index in [1.807, 2.05) is 6.08 Å². The molecule has 0 atom stereocenters. The van der Waals surface area contributed by atoms with E-state index < -0.39 is 0 Å². The van der Waals surface area contributed by atoms with Crippen molar-refractivity contribution < 1.29 is 9.53 Å². The lowest BCUT2D eigenvalue weighted by Crippen LogP contribution is -2.02. The van der Waals surface area contributed by atoms with E-state index in [0.29, 0.717) is 13.0 Å². The number of carbonyl (C=O) groups is 1. The van der Waals surface area contributed by atoms with Crippen LogP contribution in [0.4, 0.5) is 0 Å². The smallest absolute Gasteiger partial charge is 0.305 e. The lowest BCUT2D eigenvalue weighted by atomic mass is 10.3. The fourth-order valence-electron chi connectivity index (χ4n) is 0.627. The predicted molar refractivity (Wildman–Crippen MR) is 45.3 cm³/mol. The molecule has 0 fully saturated rings. The van der Waals surface area contributed by atoms with Crippen molar-refractivity contribution in [2.75, 3.05) is 6.61 Å². The summed E-state index contributed by atoms with van der Waals surface area (Å²) in [4.78, 5) is 10.6. The van der Waals surface area contributed by atoms with Crippen LogP contribution in [0, 0.1) is 0 Å². The van der Waals surface area contributed by atoms with Crippen LogP contribution >= 0.6 is 0 Å². The Labute approximate surface area is 68.2 Å². The molecule has 0 amide bonds. The molecule has 0 unspecified atom stereocenters. The van der Waals surface area contributed by atoms with E-state index in [4.69, 9.17) is 4.74 Å². The normalized spacial score (nSPS) is 10.4. The predicted octanol–water partition coefficient (Wildman–Crippen LogP) is 2.30. The largest absolute Gasteiger partial charge is 0.465 e. The van der Waals surface area contributed by atoms with Crippen molar-refractivity contribution in [2.24, 2.45) is 0 Å². The van der Waals surface area contributed by atoms with Crippen molar-refractivity contribution in [3.8, 4) is 0 Å². The third kappa shape index (κ3) is 7.10. The highest BCUT2D eigenvalue weighted by molar-refractivity contribution is 5.68. The number of hydrogen-bond donors (Lipinski definition) is 0. The second kappa shape index (κ2) is 7.32. The highest BCUT2D eigenvalue weighted by Crippen LogP contribution is 1.90. The van der Waals surface area contributed by atoms with E-state index in [1.165, 1.54) is 0 Å². The minimum absolute atomic E-state index is 0.116. The number of hydrogen-bond acceptors (Lipinski definition) is 2. The number of esters is 1. The Bertz CT molecular complexity index is 128. The van der Waals surface area contributed by atoms with E-state index in [-0.39, 0.29) is 5.97 Å². The third-order valence-corrected chi connectivity index (χ3v) is 1.24. The van der Waals surface area contributed by atoms with E-state index in [1.54, 1.807) is 6.92 Å². The molecule has 0 saturated heterocycles. The Morgan fingerprint density at radius 2 is 2.09 bits per heavy atom. The van der Waals surface area contributed by atoms with Gasteiger partial charge in [0.25, 0.3) is 0 Å². The van der Waals surface area contributed by atoms with Gasteiger partial charge in [-0.2, -0.15) is 0 Å². The van der Waals surface area contributed by atoms with Gasteiger partial charge >= 0.3 is 5.97 Å². The molecule has 0 aliphatic heterocycles. The van der Waals surface area contributed by atoms with E-state index in [9.17, 15) is 4.79 Å². The average molecular weight is 156 g/mol. The maximum atomic E-state index is 10.6. The van der Waals surface area contributed by atoms with Crippen LogP contribution in [0.2, 0.25) is 0 Å². The molecule has 11 heavy (non-hydrogen) atoms. The summed E-state index contributed by atoms with van der Waals surface area (Å²) < 4.78 is 4.85. The van der Waals surface area contributed by atoms with Gasteiger partial charge in [-0.1, -0.05) is 26.0 Å². The van der Waals surface area contributed by atoms with Crippen molar-refractivity contribution in [1.82, 2.24) is 0 Å². The molecule has 0 aromatic carbocycles. The fourth-order valence-corrected chi connectivity index (χ4v) is 0.627. The minimum atomic E-state index is -0.116. The zero-order valence-corrected chi connectivity index (χ0v) is 7.30. The molecule has 0 radical (unpaired) electrons. The molecule has 64 valence electrons. The molecule has 0 bridgehead atoms. The van der Waals surface area contributed by atoms with Crippen molar-refractivity contribution in [3.05, 3.63) is 12.2 Å². The maximum absolute atomic E-state index is 10.6. The van der Waals surface area contributed by atoms with Gasteiger partial charge < -0.3 is 4.74 Å². The Balaban J connectivity index is 3.14. The first kappa shape index (κ1) is 10.2. The Hall–Kier alpha value is -0.790. The van der Waals surface area contributed by atoms with Crippen LogP contribution in [0.5, 0.6) is 0 Å². The van der Waals surface area contributed by atoms with Crippen molar-refractivity contribution >= 4 is 5.97 Å². The van der Waals surface area contributed by atoms with Gasteiger partial charge in [0, 0.05) is 6.42 Å². The summed E-state index contributed by atoms with van der Waals surface area (Å²) in [5.74, 6) is -0.116. The van der Waals surface area contributed by atoms with Crippen molar-refractivity contribution in [1.29, 1.82) is 0 Å². The molecular weight excluding hydrogens is 140 g/mol. The van der Waals surface area contributed by atoms with Gasteiger partial charge in [-0.3, -0.25) is 4.79 Å². The van der Waals surface area contributed by atoms with E-state index >= 15 is 0 Å². The highest BCUT2D eigenvalue weighted by atomic mass is 16.5. The lowest BCUT2D eigenvalue weighted by Gasteiger charge is -1.98. The van der Waals surface area contributed by atoms with Gasteiger partial charge in [0.2, 0.25) is 0 Å². The van der Waals surface area contributed by atoms with Crippen LogP contribution < -0.4 is 0 Å². The Morgan fingerprint density at radius 3 is 2.64 bits per heavy atom. The Kier molecular flexibility index (Phi) is 6.79. The van der Waals surface area contributed by atoms with Crippen LogP contribution in [-0.2, 0) is 9.53 Å². The van der Waals surface area contributed by atoms with Crippen LogP contribution in [0.25, 0.3) is 0 Å².